The third-order valence-electron chi connectivity index (χ3n) is 6.08. The highest BCUT2D eigenvalue weighted by atomic mass is 35.5. The molecule has 31 heavy (non-hydrogen) atoms. The maximum Gasteiger partial charge on any atom is 0.256 e. The van der Waals surface area contributed by atoms with Gasteiger partial charge in [-0.15, -0.1) is 0 Å². The number of H-pyrrole nitrogens is 1. The van der Waals surface area contributed by atoms with Gasteiger partial charge >= 0.3 is 0 Å². The molecule has 0 atom stereocenters. The van der Waals surface area contributed by atoms with E-state index in [2.05, 4.69) is 15.3 Å². The SMILES string of the molecule is O=C(Nc1ccc(C2(c3nc4cccc(CO)c4[nH]3)CCC2)cn1)c1cccc(Cl)c1. The number of carbonyl (C=O) groups is 1. The highest BCUT2D eigenvalue weighted by molar-refractivity contribution is 6.31. The molecular weight excluding hydrogens is 412 g/mol. The van der Waals surface area contributed by atoms with Crippen molar-refractivity contribution in [2.75, 3.05) is 5.32 Å². The highest BCUT2D eigenvalue weighted by Crippen LogP contribution is 2.48. The minimum absolute atomic E-state index is 0.0332. The van der Waals surface area contributed by atoms with Crippen LogP contribution in [0.1, 0.15) is 46.6 Å². The molecule has 6 nitrogen and oxygen atoms in total. The first-order chi connectivity index (χ1) is 15.1. The Morgan fingerprint density at radius 3 is 2.68 bits per heavy atom. The van der Waals surface area contributed by atoms with E-state index in [9.17, 15) is 9.90 Å². The van der Waals surface area contributed by atoms with Gasteiger partial charge in [-0.25, -0.2) is 9.97 Å². The lowest BCUT2D eigenvalue weighted by Crippen LogP contribution is -2.36. The van der Waals surface area contributed by atoms with E-state index in [1.807, 2.05) is 36.5 Å². The number of pyridine rings is 1. The molecule has 1 saturated carbocycles. The highest BCUT2D eigenvalue weighted by Gasteiger charge is 2.43. The van der Waals surface area contributed by atoms with Gasteiger partial charge in [0.2, 0.25) is 0 Å². The van der Waals surface area contributed by atoms with Crippen molar-refractivity contribution in [3.05, 3.63) is 88.3 Å². The van der Waals surface area contributed by atoms with Crippen LogP contribution in [0.25, 0.3) is 11.0 Å². The van der Waals surface area contributed by atoms with Gasteiger partial charge in [-0.1, -0.05) is 42.3 Å². The molecule has 1 amide bonds. The number of aliphatic hydroxyl groups is 1. The average Bonchev–Trinajstić information content (AvgIpc) is 3.18. The summed E-state index contributed by atoms with van der Waals surface area (Å²) in [6.45, 7) is -0.0332. The fourth-order valence-electron chi connectivity index (χ4n) is 4.21. The fourth-order valence-corrected chi connectivity index (χ4v) is 4.40. The molecule has 0 bridgehead atoms. The first-order valence-electron chi connectivity index (χ1n) is 10.2. The van der Waals surface area contributed by atoms with Gasteiger partial charge in [0.1, 0.15) is 11.6 Å². The van der Waals surface area contributed by atoms with Gasteiger partial charge in [-0.3, -0.25) is 4.79 Å². The van der Waals surface area contributed by atoms with E-state index in [4.69, 9.17) is 16.6 Å². The summed E-state index contributed by atoms with van der Waals surface area (Å²) in [5.74, 6) is 1.12. The summed E-state index contributed by atoms with van der Waals surface area (Å²) >= 11 is 5.97. The summed E-state index contributed by atoms with van der Waals surface area (Å²) in [6.07, 6.45) is 4.86. The number of para-hydroxylation sites is 1. The Kier molecular flexibility index (Phi) is 4.96. The molecule has 0 radical (unpaired) electrons. The quantitative estimate of drug-likeness (QED) is 0.421. The van der Waals surface area contributed by atoms with Crippen LogP contribution in [0.4, 0.5) is 5.82 Å². The normalized spacial score (nSPS) is 14.9. The second-order valence-corrected chi connectivity index (χ2v) is 8.32. The molecule has 7 heteroatoms. The number of aromatic amines is 1. The maximum absolute atomic E-state index is 12.5. The van der Waals surface area contributed by atoms with Crippen molar-refractivity contribution in [1.82, 2.24) is 15.0 Å². The van der Waals surface area contributed by atoms with Crippen LogP contribution in [-0.4, -0.2) is 26.0 Å². The zero-order valence-electron chi connectivity index (χ0n) is 16.7. The van der Waals surface area contributed by atoms with Gasteiger partial charge in [0.25, 0.3) is 5.91 Å². The number of hydrogen-bond acceptors (Lipinski definition) is 4. The van der Waals surface area contributed by atoms with Crippen molar-refractivity contribution in [1.29, 1.82) is 0 Å². The first kappa shape index (κ1) is 19.7. The van der Waals surface area contributed by atoms with E-state index in [0.29, 0.717) is 16.4 Å². The van der Waals surface area contributed by atoms with Crippen LogP contribution in [-0.2, 0) is 12.0 Å². The van der Waals surface area contributed by atoms with Crippen LogP contribution in [0.3, 0.4) is 0 Å². The molecule has 3 N–H and O–H groups in total. The smallest absolute Gasteiger partial charge is 0.256 e. The van der Waals surface area contributed by atoms with Crippen molar-refractivity contribution in [3.63, 3.8) is 0 Å². The van der Waals surface area contributed by atoms with Crippen molar-refractivity contribution < 1.29 is 9.90 Å². The molecule has 2 aromatic carbocycles. The van der Waals surface area contributed by atoms with Crippen LogP contribution in [0, 0.1) is 0 Å². The third-order valence-corrected chi connectivity index (χ3v) is 6.31. The number of imidazole rings is 1. The number of anilines is 1. The number of nitrogens with one attached hydrogen (secondary N) is 2. The Bertz CT molecular complexity index is 1260. The zero-order valence-corrected chi connectivity index (χ0v) is 17.5. The number of amides is 1. The minimum atomic E-state index is -0.255. The van der Waals surface area contributed by atoms with Gasteiger partial charge < -0.3 is 15.4 Å². The van der Waals surface area contributed by atoms with E-state index in [1.165, 1.54) is 0 Å². The van der Waals surface area contributed by atoms with E-state index < -0.39 is 0 Å². The zero-order chi connectivity index (χ0) is 21.4. The molecule has 1 aliphatic rings. The number of nitrogens with zero attached hydrogens (tertiary/aromatic N) is 2. The predicted octanol–water partition coefficient (Wildman–Crippen LogP) is 4.83. The summed E-state index contributed by atoms with van der Waals surface area (Å²) in [5.41, 5.74) is 3.88. The lowest BCUT2D eigenvalue weighted by atomic mass is 9.64. The minimum Gasteiger partial charge on any atom is -0.392 e. The molecule has 1 aliphatic carbocycles. The number of hydrogen-bond donors (Lipinski definition) is 3. The monoisotopic (exact) mass is 432 g/mol. The second-order valence-electron chi connectivity index (χ2n) is 7.89. The molecular formula is C24H21ClN4O2. The Balaban J connectivity index is 1.42. The topological polar surface area (TPSA) is 90.9 Å². The molecule has 0 spiro atoms. The maximum atomic E-state index is 12.5. The Morgan fingerprint density at radius 1 is 1.16 bits per heavy atom. The molecule has 0 unspecified atom stereocenters. The summed E-state index contributed by atoms with van der Waals surface area (Å²) < 4.78 is 0. The van der Waals surface area contributed by atoms with Gasteiger partial charge in [-0.05, 0) is 48.7 Å². The standard InChI is InChI=1S/C24H21ClN4O2/c25-18-6-1-4-15(12-18)22(31)28-20-9-8-17(13-26-20)24(10-3-11-24)23-27-19-7-2-5-16(14-30)21(19)29-23/h1-2,4-9,12-13,30H,3,10-11,14H2,(H,27,29)(H,26,28,31). The number of aliphatic hydroxyl groups excluding tert-OH is 1. The van der Waals surface area contributed by atoms with Crippen molar-refractivity contribution in [2.24, 2.45) is 0 Å². The van der Waals surface area contributed by atoms with Crippen LogP contribution >= 0.6 is 11.6 Å². The number of fused-ring (bicyclic) bond motifs is 1. The number of halogens is 1. The first-order valence-corrected chi connectivity index (χ1v) is 10.6. The molecule has 0 saturated heterocycles. The van der Waals surface area contributed by atoms with Crippen LogP contribution in [0.15, 0.2) is 60.8 Å². The number of carbonyl (C=O) groups excluding carboxylic acids is 1. The number of rotatable bonds is 5. The van der Waals surface area contributed by atoms with E-state index >= 15 is 0 Å². The fraction of sp³-hybridized carbons (Fsp3) is 0.208. The summed E-state index contributed by atoms with van der Waals surface area (Å²) in [5, 5.41) is 13.0. The summed E-state index contributed by atoms with van der Waals surface area (Å²) in [4.78, 5) is 25.2. The third kappa shape index (κ3) is 3.48. The molecule has 156 valence electrons. The second kappa shape index (κ2) is 7.80. The number of benzene rings is 2. The van der Waals surface area contributed by atoms with Crippen molar-refractivity contribution >= 4 is 34.4 Å². The van der Waals surface area contributed by atoms with Gasteiger partial charge in [0.05, 0.1) is 23.1 Å². The summed E-state index contributed by atoms with van der Waals surface area (Å²) in [6, 6.07) is 16.4. The largest absolute Gasteiger partial charge is 0.392 e. The Morgan fingerprint density at radius 2 is 2.00 bits per heavy atom. The van der Waals surface area contributed by atoms with Crippen molar-refractivity contribution in [2.45, 2.75) is 31.3 Å². The van der Waals surface area contributed by atoms with E-state index in [0.717, 1.165) is 47.2 Å². The molecule has 2 heterocycles. The lowest BCUT2D eigenvalue weighted by molar-refractivity contribution is 0.102. The molecule has 4 aromatic rings. The summed E-state index contributed by atoms with van der Waals surface area (Å²) in [7, 11) is 0. The average molecular weight is 433 g/mol. The van der Waals surface area contributed by atoms with Gasteiger partial charge in [0, 0.05) is 22.3 Å². The Labute approximate surface area is 184 Å². The molecule has 2 aromatic heterocycles. The Hall–Kier alpha value is -3.22. The van der Waals surface area contributed by atoms with Crippen LogP contribution in [0.5, 0.6) is 0 Å². The molecule has 5 rings (SSSR count). The van der Waals surface area contributed by atoms with E-state index in [1.54, 1.807) is 24.3 Å². The lowest BCUT2D eigenvalue weighted by Gasteiger charge is -2.40. The van der Waals surface area contributed by atoms with Crippen LogP contribution < -0.4 is 5.32 Å². The molecule has 0 aliphatic heterocycles. The van der Waals surface area contributed by atoms with Gasteiger partial charge in [-0.2, -0.15) is 0 Å². The van der Waals surface area contributed by atoms with Crippen LogP contribution in [0.2, 0.25) is 5.02 Å². The van der Waals surface area contributed by atoms with Gasteiger partial charge in [0.15, 0.2) is 0 Å². The molecule has 1 fully saturated rings. The predicted molar refractivity (Wildman–Crippen MR) is 120 cm³/mol. The number of aromatic nitrogens is 3. The van der Waals surface area contributed by atoms with Crippen molar-refractivity contribution in [3.8, 4) is 0 Å². The van der Waals surface area contributed by atoms with E-state index in [-0.39, 0.29) is 17.9 Å².